The normalized spacial score (nSPS) is 22.4. The summed E-state index contributed by atoms with van der Waals surface area (Å²) in [5, 5.41) is 0. The lowest BCUT2D eigenvalue weighted by Crippen LogP contribution is -2.22. The Morgan fingerprint density at radius 3 is 0.846 bits per heavy atom. The molecule has 0 unspecified atom stereocenters. The minimum absolute atomic E-state index is 1.16. The van der Waals surface area contributed by atoms with Crippen molar-refractivity contribution >= 4 is 0 Å². The first-order chi connectivity index (χ1) is 12.9. The van der Waals surface area contributed by atoms with Crippen LogP contribution in [0.2, 0.25) is 0 Å². The van der Waals surface area contributed by atoms with Gasteiger partial charge in [0.15, 0.2) is 0 Å². The zero-order chi connectivity index (χ0) is 18.7. The summed E-state index contributed by atoms with van der Waals surface area (Å²) < 4.78 is 0. The highest BCUT2D eigenvalue weighted by Crippen LogP contribution is 2.40. The van der Waals surface area contributed by atoms with Crippen molar-refractivity contribution in [1.29, 1.82) is 0 Å². The minimum Gasteiger partial charge on any atom is -0.0654 e. The third-order valence-corrected chi connectivity index (χ3v) is 6.92. The number of hydrogen-bond donors (Lipinski definition) is 0. The molecule has 0 aromatic carbocycles. The molecule has 0 aromatic heterocycles. The van der Waals surface area contributed by atoms with Crippen LogP contribution in [0.1, 0.15) is 155 Å². The van der Waals surface area contributed by atoms with Gasteiger partial charge < -0.3 is 0 Å². The Kier molecular flexibility index (Phi) is 17.0. The van der Waals surface area contributed by atoms with E-state index in [2.05, 4.69) is 13.8 Å². The summed E-state index contributed by atoms with van der Waals surface area (Å²) in [6, 6.07) is 0. The van der Waals surface area contributed by atoms with Crippen molar-refractivity contribution in [2.45, 2.75) is 155 Å². The molecule has 0 aliphatic heterocycles. The molecule has 2 saturated carbocycles. The molecule has 26 heavy (non-hydrogen) atoms. The molecular formula is C26H52. The molecule has 0 bridgehead atoms. The van der Waals surface area contributed by atoms with Gasteiger partial charge in [0.1, 0.15) is 0 Å². The van der Waals surface area contributed by atoms with E-state index in [1.807, 2.05) is 0 Å². The monoisotopic (exact) mass is 364 g/mol. The lowest BCUT2D eigenvalue weighted by atomic mass is 9.71. The summed E-state index contributed by atoms with van der Waals surface area (Å²) in [7, 11) is 0. The van der Waals surface area contributed by atoms with Crippen LogP contribution in [0, 0.1) is 11.8 Å². The van der Waals surface area contributed by atoms with Crippen molar-refractivity contribution in [3.63, 3.8) is 0 Å². The Morgan fingerprint density at radius 2 is 0.615 bits per heavy atom. The fourth-order valence-electron chi connectivity index (χ4n) is 5.13. The van der Waals surface area contributed by atoms with Gasteiger partial charge in [-0.15, -0.1) is 0 Å². The van der Waals surface area contributed by atoms with E-state index in [4.69, 9.17) is 0 Å². The molecule has 0 nitrogen and oxygen atoms in total. The van der Waals surface area contributed by atoms with Crippen LogP contribution in [0.25, 0.3) is 0 Å². The maximum Gasteiger partial charge on any atom is -0.0386 e. The predicted octanol–water partition coefficient (Wildman–Crippen LogP) is 9.85. The molecule has 2 fully saturated rings. The van der Waals surface area contributed by atoms with Gasteiger partial charge in [0.2, 0.25) is 0 Å². The second-order valence-electron chi connectivity index (χ2n) is 9.33. The molecule has 2 aliphatic carbocycles. The minimum atomic E-state index is 1.16. The van der Waals surface area contributed by atoms with Gasteiger partial charge in [0.25, 0.3) is 0 Å². The zero-order valence-electron chi connectivity index (χ0n) is 18.7. The summed E-state index contributed by atoms with van der Waals surface area (Å²) in [4.78, 5) is 0. The largest absolute Gasteiger partial charge is 0.0654 e. The van der Waals surface area contributed by atoms with Gasteiger partial charge in [0, 0.05) is 0 Å². The van der Waals surface area contributed by atoms with Gasteiger partial charge in [-0.25, -0.2) is 0 Å². The lowest BCUT2D eigenvalue weighted by Gasteiger charge is -2.35. The Hall–Kier alpha value is 0. The van der Waals surface area contributed by atoms with Crippen LogP contribution >= 0.6 is 0 Å². The Bertz CT molecular complexity index is 229. The maximum atomic E-state index is 2.29. The molecule has 2 aliphatic rings. The van der Waals surface area contributed by atoms with Crippen LogP contribution in [0.4, 0.5) is 0 Å². The molecule has 0 heterocycles. The predicted molar refractivity (Wildman–Crippen MR) is 120 cm³/mol. The summed E-state index contributed by atoms with van der Waals surface area (Å²) >= 11 is 0. The lowest BCUT2D eigenvalue weighted by molar-refractivity contribution is 0.171. The second kappa shape index (κ2) is 18.4. The molecule has 0 spiro atoms. The SMILES string of the molecule is C1CCC2CCCCC2C1.CCCCCCCCCCCCCCCC. The van der Waals surface area contributed by atoms with E-state index in [1.165, 1.54) is 116 Å². The van der Waals surface area contributed by atoms with E-state index in [-0.39, 0.29) is 0 Å². The average Bonchev–Trinajstić information content (AvgIpc) is 2.69. The fourth-order valence-corrected chi connectivity index (χ4v) is 5.13. The Balaban J connectivity index is 0.000000284. The van der Waals surface area contributed by atoms with Crippen LogP contribution in [-0.2, 0) is 0 Å². The third kappa shape index (κ3) is 13.2. The molecule has 0 aromatic rings. The topological polar surface area (TPSA) is 0 Å². The van der Waals surface area contributed by atoms with Gasteiger partial charge in [-0.1, -0.05) is 155 Å². The zero-order valence-corrected chi connectivity index (χ0v) is 18.7. The molecule has 0 heteroatoms. The average molecular weight is 365 g/mol. The second-order valence-corrected chi connectivity index (χ2v) is 9.33. The van der Waals surface area contributed by atoms with E-state index >= 15 is 0 Å². The van der Waals surface area contributed by atoms with E-state index in [0.29, 0.717) is 0 Å². The van der Waals surface area contributed by atoms with Crippen LogP contribution in [0.3, 0.4) is 0 Å². The van der Waals surface area contributed by atoms with E-state index < -0.39 is 0 Å². The van der Waals surface area contributed by atoms with Gasteiger partial charge in [-0.2, -0.15) is 0 Å². The number of unbranched alkanes of at least 4 members (excludes halogenated alkanes) is 13. The molecule has 0 radical (unpaired) electrons. The standard InChI is InChI=1S/C16H34.C10H18/c1-3-5-7-9-11-13-15-16-14-12-10-8-6-4-2;1-2-6-10-8-4-3-7-9(10)5-1/h3-16H2,1-2H3;9-10H,1-8H2. The highest BCUT2D eigenvalue weighted by Gasteiger charge is 2.26. The highest BCUT2D eigenvalue weighted by atomic mass is 14.3. The van der Waals surface area contributed by atoms with Crippen molar-refractivity contribution in [2.24, 2.45) is 11.8 Å². The van der Waals surface area contributed by atoms with Crippen LogP contribution in [-0.4, -0.2) is 0 Å². The summed E-state index contributed by atoms with van der Waals surface area (Å²) in [5.74, 6) is 2.31. The van der Waals surface area contributed by atoms with E-state index in [9.17, 15) is 0 Å². The molecule has 0 saturated heterocycles. The molecule has 2 rings (SSSR count). The number of rotatable bonds is 13. The molecule has 0 atom stereocenters. The fraction of sp³-hybridized carbons (Fsp3) is 1.00. The van der Waals surface area contributed by atoms with Gasteiger partial charge >= 0.3 is 0 Å². The van der Waals surface area contributed by atoms with Crippen molar-refractivity contribution in [3.05, 3.63) is 0 Å². The van der Waals surface area contributed by atoms with Gasteiger partial charge in [-0.05, 0) is 11.8 Å². The van der Waals surface area contributed by atoms with Crippen molar-refractivity contribution in [1.82, 2.24) is 0 Å². The van der Waals surface area contributed by atoms with Crippen LogP contribution in [0.5, 0.6) is 0 Å². The number of hydrogen-bond acceptors (Lipinski definition) is 0. The summed E-state index contributed by atoms with van der Waals surface area (Å²) in [6.07, 6.45) is 32.8. The van der Waals surface area contributed by atoms with Crippen LogP contribution in [0.15, 0.2) is 0 Å². The Labute approximate surface area is 167 Å². The van der Waals surface area contributed by atoms with Crippen molar-refractivity contribution in [2.75, 3.05) is 0 Å². The smallest absolute Gasteiger partial charge is 0.0386 e. The van der Waals surface area contributed by atoms with Crippen LogP contribution < -0.4 is 0 Å². The van der Waals surface area contributed by atoms with Crippen molar-refractivity contribution < 1.29 is 0 Å². The molecule has 0 amide bonds. The highest BCUT2D eigenvalue weighted by molar-refractivity contribution is 4.78. The Morgan fingerprint density at radius 1 is 0.385 bits per heavy atom. The first kappa shape index (κ1) is 24.0. The van der Waals surface area contributed by atoms with Crippen molar-refractivity contribution in [3.8, 4) is 0 Å². The molecular weight excluding hydrogens is 312 g/mol. The molecule has 0 N–H and O–H groups in total. The molecule has 156 valence electrons. The van der Waals surface area contributed by atoms with E-state index in [1.54, 1.807) is 25.7 Å². The first-order valence-electron chi connectivity index (χ1n) is 12.9. The quantitative estimate of drug-likeness (QED) is 0.285. The maximum absolute atomic E-state index is 2.29. The summed E-state index contributed by atoms with van der Waals surface area (Å²) in [6.45, 7) is 4.58. The first-order valence-corrected chi connectivity index (χ1v) is 12.9. The third-order valence-electron chi connectivity index (χ3n) is 6.92. The van der Waals surface area contributed by atoms with Gasteiger partial charge in [0.05, 0.1) is 0 Å². The number of fused-ring (bicyclic) bond motifs is 1. The van der Waals surface area contributed by atoms with E-state index in [0.717, 1.165) is 11.8 Å². The summed E-state index contributed by atoms with van der Waals surface area (Å²) in [5.41, 5.74) is 0. The van der Waals surface area contributed by atoms with Gasteiger partial charge in [-0.3, -0.25) is 0 Å².